The fourth-order valence-corrected chi connectivity index (χ4v) is 3.07. The van der Waals surface area contributed by atoms with E-state index in [-0.39, 0.29) is 18.0 Å². The monoisotopic (exact) mass is 393 g/mol. The van der Waals surface area contributed by atoms with Crippen LogP contribution in [0.2, 0.25) is 0 Å². The number of carbonyl (C=O) groups is 2. The van der Waals surface area contributed by atoms with Crippen molar-refractivity contribution in [2.45, 2.75) is 40.3 Å². The van der Waals surface area contributed by atoms with E-state index >= 15 is 0 Å². The third-order valence-corrected chi connectivity index (χ3v) is 4.79. The molecule has 0 fully saturated rings. The molecule has 7 nitrogen and oxygen atoms in total. The maximum absolute atomic E-state index is 12.2. The van der Waals surface area contributed by atoms with Crippen LogP contribution in [0.5, 0.6) is 0 Å². The standard InChI is InChI=1S/C22H27N5O2/c1-14(2)25-21(28)17-8-9-20-19(12-17)24-13-27(20)11-10-23-22(29)26-18-7-5-6-15(3)16(18)4/h5-9,12-14H,10-11H2,1-4H3,(H,25,28)(H2,23,26,29). The van der Waals surface area contributed by atoms with Gasteiger partial charge in [0.15, 0.2) is 0 Å². The SMILES string of the molecule is Cc1cccc(NC(=O)NCCn2cnc3cc(C(=O)NC(C)C)ccc32)c1C. The Morgan fingerprint density at radius 2 is 1.93 bits per heavy atom. The van der Waals surface area contributed by atoms with Crippen LogP contribution >= 0.6 is 0 Å². The van der Waals surface area contributed by atoms with Gasteiger partial charge in [-0.25, -0.2) is 9.78 Å². The highest BCUT2D eigenvalue weighted by Crippen LogP contribution is 2.18. The molecule has 0 aliphatic rings. The zero-order valence-electron chi connectivity index (χ0n) is 17.2. The summed E-state index contributed by atoms with van der Waals surface area (Å²) in [6, 6.07) is 11.1. The minimum Gasteiger partial charge on any atom is -0.350 e. The van der Waals surface area contributed by atoms with Gasteiger partial charge in [0.05, 0.1) is 17.4 Å². The molecule has 0 bridgehead atoms. The zero-order chi connectivity index (χ0) is 21.0. The molecule has 0 spiro atoms. The molecule has 3 N–H and O–H groups in total. The number of carbonyl (C=O) groups excluding carboxylic acids is 2. The summed E-state index contributed by atoms with van der Waals surface area (Å²) in [6.07, 6.45) is 1.72. The Labute approximate surface area is 170 Å². The minimum absolute atomic E-state index is 0.0802. The molecule has 3 rings (SSSR count). The van der Waals surface area contributed by atoms with Crippen LogP contribution in [-0.2, 0) is 6.54 Å². The first kappa shape index (κ1) is 20.4. The smallest absolute Gasteiger partial charge is 0.319 e. The molecule has 3 aromatic rings. The molecule has 152 valence electrons. The van der Waals surface area contributed by atoms with E-state index in [2.05, 4.69) is 20.9 Å². The lowest BCUT2D eigenvalue weighted by atomic mass is 10.1. The number of nitrogens with one attached hydrogen (secondary N) is 3. The largest absolute Gasteiger partial charge is 0.350 e. The predicted octanol–water partition coefficient (Wildman–Crippen LogP) is 3.61. The number of hydrogen-bond acceptors (Lipinski definition) is 3. The Hall–Kier alpha value is -3.35. The fraction of sp³-hybridized carbons (Fsp3) is 0.318. The van der Waals surface area contributed by atoms with Crippen molar-refractivity contribution >= 4 is 28.7 Å². The van der Waals surface area contributed by atoms with E-state index in [0.29, 0.717) is 18.7 Å². The van der Waals surface area contributed by atoms with Gasteiger partial charge in [0.25, 0.3) is 5.91 Å². The van der Waals surface area contributed by atoms with Crippen molar-refractivity contribution in [3.8, 4) is 0 Å². The lowest BCUT2D eigenvalue weighted by molar-refractivity contribution is 0.0943. The molecule has 0 radical (unpaired) electrons. The lowest BCUT2D eigenvalue weighted by Crippen LogP contribution is -2.31. The van der Waals surface area contributed by atoms with E-state index in [0.717, 1.165) is 27.8 Å². The maximum Gasteiger partial charge on any atom is 0.319 e. The average molecular weight is 393 g/mol. The Bertz CT molecular complexity index is 1040. The Balaban J connectivity index is 1.58. The third-order valence-electron chi connectivity index (χ3n) is 4.79. The van der Waals surface area contributed by atoms with Crippen LogP contribution in [0.25, 0.3) is 11.0 Å². The van der Waals surface area contributed by atoms with Crippen molar-refractivity contribution in [2.24, 2.45) is 0 Å². The number of fused-ring (bicyclic) bond motifs is 1. The molecule has 1 heterocycles. The predicted molar refractivity (Wildman–Crippen MR) is 115 cm³/mol. The van der Waals surface area contributed by atoms with Gasteiger partial charge in [0.1, 0.15) is 0 Å². The van der Waals surface area contributed by atoms with Crippen LogP contribution in [0.3, 0.4) is 0 Å². The Kier molecular flexibility index (Phi) is 6.16. The van der Waals surface area contributed by atoms with E-state index in [4.69, 9.17) is 0 Å². The highest BCUT2D eigenvalue weighted by Gasteiger charge is 2.11. The molecule has 2 aromatic carbocycles. The number of aromatic nitrogens is 2. The normalized spacial score (nSPS) is 10.9. The van der Waals surface area contributed by atoms with Crippen LogP contribution in [0, 0.1) is 13.8 Å². The summed E-state index contributed by atoms with van der Waals surface area (Å²) in [5.41, 5.74) is 5.25. The van der Waals surface area contributed by atoms with Crippen LogP contribution in [0.15, 0.2) is 42.7 Å². The molecule has 0 unspecified atom stereocenters. The van der Waals surface area contributed by atoms with Gasteiger partial charge in [0, 0.05) is 30.4 Å². The second-order valence-electron chi connectivity index (χ2n) is 7.40. The molecule has 0 saturated heterocycles. The molecule has 0 atom stereocenters. The fourth-order valence-electron chi connectivity index (χ4n) is 3.07. The van der Waals surface area contributed by atoms with E-state index < -0.39 is 0 Å². The molecular weight excluding hydrogens is 366 g/mol. The van der Waals surface area contributed by atoms with Crippen LogP contribution in [0.1, 0.15) is 35.3 Å². The number of nitrogens with zero attached hydrogens (tertiary/aromatic N) is 2. The first-order chi connectivity index (χ1) is 13.8. The van der Waals surface area contributed by atoms with Gasteiger partial charge in [-0.3, -0.25) is 4.79 Å². The first-order valence-corrected chi connectivity index (χ1v) is 9.72. The van der Waals surface area contributed by atoms with Gasteiger partial charge in [0.2, 0.25) is 0 Å². The number of aryl methyl sites for hydroxylation is 1. The first-order valence-electron chi connectivity index (χ1n) is 9.72. The minimum atomic E-state index is -0.240. The molecule has 3 amide bonds. The van der Waals surface area contributed by atoms with Crippen LogP contribution in [-0.4, -0.2) is 34.1 Å². The molecule has 29 heavy (non-hydrogen) atoms. The second kappa shape index (κ2) is 8.77. The topological polar surface area (TPSA) is 88.1 Å². The third kappa shape index (κ3) is 4.93. The summed E-state index contributed by atoms with van der Waals surface area (Å²) in [5, 5.41) is 8.63. The number of rotatable bonds is 6. The Morgan fingerprint density at radius 3 is 2.69 bits per heavy atom. The average Bonchev–Trinajstić information content (AvgIpc) is 3.07. The summed E-state index contributed by atoms with van der Waals surface area (Å²) in [4.78, 5) is 28.7. The van der Waals surface area contributed by atoms with Gasteiger partial charge in [-0.05, 0) is 63.1 Å². The number of urea groups is 1. The lowest BCUT2D eigenvalue weighted by Gasteiger charge is -2.12. The van der Waals surface area contributed by atoms with E-state index in [1.807, 2.05) is 56.5 Å². The molecular formula is C22H27N5O2. The summed E-state index contributed by atoms with van der Waals surface area (Å²) in [5.74, 6) is -0.110. The van der Waals surface area contributed by atoms with E-state index in [9.17, 15) is 9.59 Å². The van der Waals surface area contributed by atoms with Gasteiger partial charge in [-0.15, -0.1) is 0 Å². The quantitative estimate of drug-likeness (QED) is 0.598. The summed E-state index contributed by atoms with van der Waals surface area (Å²) >= 11 is 0. The number of hydrogen-bond donors (Lipinski definition) is 3. The number of benzene rings is 2. The summed E-state index contributed by atoms with van der Waals surface area (Å²) < 4.78 is 1.96. The molecule has 0 saturated carbocycles. The number of anilines is 1. The number of amides is 3. The van der Waals surface area contributed by atoms with Crippen molar-refractivity contribution in [1.29, 1.82) is 0 Å². The summed E-state index contributed by atoms with van der Waals surface area (Å²) in [7, 11) is 0. The molecule has 0 aliphatic carbocycles. The molecule has 0 aliphatic heterocycles. The van der Waals surface area contributed by atoms with Gasteiger partial charge in [-0.2, -0.15) is 0 Å². The van der Waals surface area contributed by atoms with Gasteiger partial charge >= 0.3 is 6.03 Å². The van der Waals surface area contributed by atoms with E-state index in [1.165, 1.54) is 0 Å². The highest BCUT2D eigenvalue weighted by molar-refractivity contribution is 5.97. The van der Waals surface area contributed by atoms with Crippen LogP contribution in [0.4, 0.5) is 10.5 Å². The van der Waals surface area contributed by atoms with Crippen molar-refractivity contribution in [2.75, 3.05) is 11.9 Å². The van der Waals surface area contributed by atoms with Crippen molar-refractivity contribution in [3.63, 3.8) is 0 Å². The summed E-state index contributed by atoms with van der Waals surface area (Å²) in [6.45, 7) is 8.88. The molecule has 1 aromatic heterocycles. The van der Waals surface area contributed by atoms with Gasteiger partial charge in [-0.1, -0.05) is 12.1 Å². The molecule has 7 heteroatoms. The Morgan fingerprint density at radius 1 is 1.14 bits per heavy atom. The number of imidazole rings is 1. The van der Waals surface area contributed by atoms with Crippen LogP contribution < -0.4 is 16.0 Å². The van der Waals surface area contributed by atoms with Crippen molar-refractivity contribution < 1.29 is 9.59 Å². The van der Waals surface area contributed by atoms with E-state index in [1.54, 1.807) is 18.5 Å². The zero-order valence-corrected chi connectivity index (χ0v) is 17.2. The van der Waals surface area contributed by atoms with Crippen molar-refractivity contribution in [3.05, 3.63) is 59.4 Å². The van der Waals surface area contributed by atoms with Crippen molar-refractivity contribution in [1.82, 2.24) is 20.2 Å². The van der Waals surface area contributed by atoms with Gasteiger partial charge < -0.3 is 20.5 Å². The second-order valence-corrected chi connectivity index (χ2v) is 7.40. The maximum atomic E-state index is 12.2. The highest BCUT2D eigenvalue weighted by atomic mass is 16.2.